The first-order chi connectivity index (χ1) is 12.0. The van der Waals surface area contributed by atoms with E-state index in [1.807, 2.05) is 36.4 Å². The number of thioether (sulfide) groups is 1. The number of rotatable bonds is 5. The molecule has 0 unspecified atom stereocenters. The Morgan fingerprint density at radius 1 is 1.20 bits per heavy atom. The first-order valence-electron chi connectivity index (χ1n) is 7.54. The van der Waals surface area contributed by atoms with Crippen molar-refractivity contribution in [2.75, 3.05) is 12.4 Å². The Morgan fingerprint density at radius 3 is 2.52 bits per heavy atom. The number of amides is 2. The molecule has 1 N–H and O–H groups in total. The van der Waals surface area contributed by atoms with Gasteiger partial charge in [-0.2, -0.15) is 0 Å². The molecule has 1 aliphatic rings. The Labute approximate surface area is 158 Å². The van der Waals surface area contributed by atoms with Gasteiger partial charge in [-0.3, -0.25) is 9.59 Å². The van der Waals surface area contributed by atoms with Gasteiger partial charge in [-0.05, 0) is 48.5 Å². The molecule has 0 saturated heterocycles. The lowest BCUT2D eigenvalue weighted by atomic mass is 10.2. The predicted molar refractivity (Wildman–Crippen MR) is 103 cm³/mol. The van der Waals surface area contributed by atoms with Gasteiger partial charge in [-0.1, -0.05) is 27.7 Å². The van der Waals surface area contributed by atoms with Gasteiger partial charge in [-0.15, -0.1) is 0 Å². The summed E-state index contributed by atoms with van der Waals surface area (Å²) in [7, 11) is 1.60. The van der Waals surface area contributed by atoms with E-state index < -0.39 is 5.25 Å². The third kappa shape index (κ3) is 4.49. The van der Waals surface area contributed by atoms with Crippen LogP contribution in [-0.2, 0) is 9.59 Å². The highest BCUT2D eigenvalue weighted by Gasteiger charge is 2.31. The second-order valence-corrected chi connectivity index (χ2v) is 7.46. The van der Waals surface area contributed by atoms with Crippen LogP contribution < -0.4 is 10.1 Å². The maximum Gasteiger partial charge on any atom is 0.260 e. The lowest BCUT2D eigenvalue weighted by Crippen LogP contribution is -2.21. The molecule has 1 aliphatic heterocycles. The molecule has 1 heterocycles. The van der Waals surface area contributed by atoms with Crippen LogP contribution in [0.2, 0.25) is 0 Å². The molecule has 2 amide bonds. The first-order valence-corrected chi connectivity index (χ1v) is 9.21. The van der Waals surface area contributed by atoms with Crippen LogP contribution in [-0.4, -0.2) is 29.2 Å². The van der Waals surface area contributed by atoms with E-state index in [2.05, 4.69) is 26.2 Å². The Bertz CT molecular complexity index is 819. The zero-order valence-electron chi connectivity index (χ0n) is 13.4. The van der Waals surface area contributed by atoms with Gasteiger partial charge in [-0.25, -0.2) is 4.99 Å². The zero-order valence-corrected chi connectivity index (χ0v) is 15.8. The van der Waals surface area contributed by atoms with Gasteiger partial charge in [0, 0.05) is 22.1 Å². The normalized spacial score (nSPS) is 16.5. The Kier molecular flexibility index (Phi) is 5.55. The molecule has 0 aromatic heterocycles. The van der Waals surface area contributed by atoms with Crippen LogP contribution >= 0.6 is 27.7 Å². The molecule has 0 bridgehead atoms. The van der Waals surface area contributed by atoms with Crippen LogP contribution in [0.1, 0.15) is 12.0 Å². The Hall–Kier alpha value is -2.12. The van der Waals surface area contributed by atoms with Gasteiger partial charge < -0.3 is 10.1 Å². The molecular formula is C18H15BrN2O3S. The third-order valence-corrected chi connectivity index (χ3v) is 5.31. The fourth-order valence-corrected chi connectivity index (χ4v) is 3.63. The van der Waals surface area contributed by atoms with Crippen LogP contribution in [0.15, 0.2) is 58.0 Å². The highest BCUT2D eigenvalue weighted by molar-refractivity contribution is 9.10. The number of nitrogens with zero attached hydrogens (tertiary/aromatic N) is 1. The second-order valence-electron chi connectivity index (χ2n) is 5.35. The molecule has 25 heavy (non-hydrogen) atoms. The summed E-state index contributed by atoms with van der Waals surface area (Å²) in [6, 6.07) is 14.6. The number of methoxy groups -OCH3 is 1. The summed E-state index contributed by atoms with van der Waals surface area (Å²) in [6.07, 6.45) is 0.0860. The molecule has 5 nitrogen and oxygen atoms in total. The summed E-state index contributed by atoms with van der Waals surface area (Å²) in [5.41, 5.74) is 1.54. The average Bonchev–Trinajstić information content (AvgIpc) is 2.97. The summed E-state index contributed by atoms with van der Waals surface area (Å²) in [4.78, 5) is 28.3. The van der Waals surface area contributed by atoms with Crippen molar-refractivity contribution in [2.45, 2.75) is 11.7 Å². The van der Waals surface area contributed by atoms with Crippen molar-refractivity contribution in [3.8, 4) is 5.75 Å². The zero-order chi connectivity index (χ0) is 17.8. The van der Waals surface area contributed by atoms with Gasteiger partial charge in [0.2, 0.25) is 5.91 Å². The van der Waals surface area contributed by atoms with E-state index >= 15 is 0 Å². The third-order valence-electron chi connectivity index (χ3n) is 3.58. The minimum absolute atomic E-state index is 0.0860. The molecule has 2 aromatic carbocycles. The number of carbonyl (C=O) groups is 2. The molecule has 2 aromatic rings. The first kappa shape index (κ1) is 17.7. The quantitative estimate of drug-likeness (QED) is 0.799. The Balaban J connectivity index is 1.60. The highest BCUT2D eigenvalue weighted by Crippen LogP contribution is 2.30. The summed E-state index contributed by atoms with van der Waals surface area (Å²) >= 11 is 4.66. The fourth-order valence-electron chi connectivity index (χ4n) is 2.29. The van der Waals surface area contributed by atoms with Crippen molar-refractivity contribution in [2.24, 2.45) is 4.99 Å². The number of anilines is 1. The van der Waals surface area contributed by atoms with Crippen LogP contribution in [0.25, 0.3) is 0 Å². The number of ether oxygens (including phenoxy) is 1. The fraction of sp³-hybridized carbons (Fsp3) is 0.167. The topological polar surface area (TPSA) is 67.8 Å². The monoisotopic (exact) mass is 418 g/mol. The van der Waals surface area contributed by atoms with Crippen LogP contribution in [0.3, 0.4) is 0 Å². The van der Waals surface area contributed by atoms with Crippen LogP contribution in [0, 0.1) is 0 Å². The lowest BCUT2D eigenvalue weighted by Gasteiger charge is -2.08. The summed E-state index contributed by atoms with van der Waals surface area (Å²) in [6.45, 7) is 0. The van der Waals surface area contributed by atoms with Crippen molar-refractivity contribution >= 4 is 50.2 Å². The molecular weight excluding hydrogens is 404 g/mol. The second kappa shape index (κ2) is 7.84. The molecule has 0 fully saturated rings. The van der Waals surface area contributed by atoms with E-state index in [9.17, 15) is 9.59 Å². The largest absolute Gasteiger partial charge is 0.497 e. The van der Waals surface area contributed by atoms with E-state index in [1.165, 1.54) is 11.8 Å². The van der Waals surface area contributed by atoms with Gasteiger partial charge in [0.05, 0.1) is 7.11 Å². The SMILES string of the molecule is COc1ccc(C2=NC(=O)[C@H](CC(=O)Nc3ccc(Br)cc3)S2)cc1. The van der Waals surface area contributed by atoms with Gasteiger partial charge in [0.1, 0.15) is 16.0 Å². The van der Waals surface area contributed by atoms with Gasteiger partial charge in [0.15, 0.2) is 0 Å². The highest BCUT2D eigenvalue weighted by atomic mass is 79.9. The van der Waals surface area contributed by atoms with Crippen molar-refractivity contribution in [1.29, 1.82) is 0 Å². The van der Waals surface area contributed by atoms with Crippen molar-refractivity contribution in [3.63, 3.8) is 0 Å². The smallest absolute Gasteiger partial charge is 0.260 e. The summed E-state index contributed by atoms with van der Waals surface area (Å²) in [5, 5.41) is 2.93. The number of carbonyl (C=O) groups excluding carboxylic acids is 2. The molecule has 0 aliphatic carbocycles. The van der Waals surface area contributed by atoms with Gasteiger partial charge >= 0.3 is 0 Å². The molecule has 128 valence electrons. The number of benzene rings is 2. The number of nitrogens with one attached hydrogen (secondary N) is 1. The molecule has 1 atom stereocenters. The number of hydrogen-bond donors (Lipinski definition) is 1. The predicted octanol–water partition coefficient (Wildman–Crippen LogP) is 3.88. The number of hydrogen-bond acceptors (Lipinski definition) is 4. The lowest BCUT2D eigenvalue weighted by molar-refractivity contribution is -0.121. The number of halogens is 1. The minimum Gasteiger partial charge on any atom is -0.497 e. The molecule has 0 spiro atoms. The standard InChI is InChI=1S/C18H15BrN2O3S/c1-24-14-8-2-11(3-9-14)18-21-17(23)15(25-18)10-16(22)20-13-6-4-12(19)5-7-13/h2-9,15H,10H2,1H3,(H,20,22)/t15-/m0/s1. The average molecular weight is 419 g/mol. The summed E-state index contributed by atoms with van der Waals surface area (Å²) < 4.78 is 6.06. The molecule has 0 saturated carbocycles. The maximum absolute atomic E-state index is 12.2. The van der Waals surface area contributed by atoms with Crippen LogP contribution in [0.5, 0.6) is 5.75 Å². The van der Waals surface area contributed by atoms with Crippen LogP contribution in [0.4, 0.5) is 5.69 Å². The molecule has 0 radical (unpaired) electrons. The minimum atomic E-state index is -0.493. The molecule has 3 rings (SSSR count). The maximum atomic E-state index is 12.2. The Morgan fingerprint density at radius 2 is 1.88 bits per heavy atom. The number of aliphatic imine (C=N–C) groups is 1. The van der Waals surface area contributed by atoms with E-state index in [0.717, 1.165) is 15.8 Å². The molecule has 7 heteroatoms. The van der Waals surface area contributed by atoms with Crippen molar-refractivity contribution < 1.29 is 14.3 Å². The van der Waals surface area contributed by atoms with E-state index in [1.54, 1.807) is 19.2 Å². The van der Waals surface area contributed by atoms with Gasteiger partial charge in [0.25, 0.3) is 5.91 Å². The van der Waals surface area contributed by atoms with E-state index in [4.69, 9.17) is 4.74 Å². The van der Waals surface area contributed by atoms with E-state index in [-0.39, 0.29) is 18.2 Å². The summed E-state index contributed by atoms with van der Waals surface area (Å²) in [5.74, 6) is 0.255. The van der Waals surface area contributed by atoms with Crippen molar-refractivity contribution in [3.05, 3.63) is 58.6 Å². The van der Waals surface area contributed by atoms with Crippen molar-refractivity contribution in [1.82, 2.24) is 0 Å². The van der Waals surface area contributed by atoms with E-state index in [0.29, 0.717) is 10.7 Å².